The maximum absolute atomic E-state index is 3.87. The predicted octanol–water partition coefficient (Wildman–Crippen LogP) is 4.46. The third kappa shape index (κ3) is 2.38. The number of fused-ring (bicyclic) bond motifs is 2. The van der Waals surface area contributed by atoms with Gasteiger partial charge in [-0.05, 0) is 41.5 Å². The molecule has 1 aliphatic rings. The van der Waals surface area contributed by atoms with Crippen molar-refractivity contribution in [3.05, 3.63) is 70.8 Å². The van der Waals surface area contributed by atoms with Gasteiger partial charge in [0.2, 0.25) is 0 Å². The van der Waals surface area contributed by atoms with Crippen LogP contribution in [0, 0.1) is 0 Å². The monoisotopic (exact) mass is 265 g/mol. The van der Waals surface area contributed by atoms with Gasteiger partial charge >= 0.3 is 0 Å². The standard InChI is InChI=1S/C19H23N/c1-3-16(4-2)20-19-17-11-7-5-9-14(17)13-15-10-6-8-12-18(15)19/h5-12,16,19-20H,3-4,13H2,1-2H3. The van der Waals surface area contributed by atoms with Crippen LogP contribution in [0.4, 0.5) is 0 Å². The largest absolute Gasteiger partial charge is 0.303 e. The van der Waals surface area contributed by atoms with Crippen molar-refractivity contribution in [1.29, 1.82) is 0 Å². The molecule has 3 rings (SSSR count). The van der Waals surface area contributed by atoms with Gasteiger partial charge in [-0.1, -0.05) is 62.4 Å². The lowest BCUT2D eigenvalue weighted by atomic mass is 9.82. The first-order valence-corrected chi connectivity index (χ1v) is 7.75. The van der Waals surface area contributed by atoms with Crippen molar-refractivity contribution >= 4 is 0 Å². The average Bonchev–Trinajstić information content (AvgIpc) is 2.51. The molecule has 104 valence electrons. The van der Waals surface area contributed by atoms with Gasteiger partial charge in [-0.25, -0.2) is 0 Å². The highest BCUT2D eigenvalue weighted by atomic mass is 15.0. The van der Waals surface area contributed by atoms with Crippen LogP contribution in [0.3, 0.4) is 0 Å². The fourth-order valence-corrected chi connectivity index (χ4v) is 3.27. The minimum atomic E-state index is 0.348. The average molecular weight is 265 g/mol. The van der Waals surface area contributed by atoms with E-state index >= 15 is 0 Å². The van der Waals surface area contributed by atoms with E-state index in [9.17, 15) is 0 Å². The number of benzene rings is 2. The highest BCUT2D eigenvalue weighted by Crippen LogP contribution is 2.35. The number of hydrogen-bond acceptors (Lipinski definition) is 1. The van der Waals surface area contributed by atoms with Gasteiger partial charge in [0.05, 0.1) is 6.04 Å². The first kappa shape index (κ1) is 13.4. The van der Waals surface area contributed by atoms with Gasteiger partial charge < -0.3 is 5.32 Å². The van der Waals surface area contributed by atoms with Crippen molar-refractivity contribution in [1.82, 2.24) is 5.32 Å². The Morgan fingerprint density at radius 3 is 1.90 bits per heavy atom. The van der Waals surface area contributed by atoms with Crippen molar-refractivity contribution in [2.24, 2.45) is 0 Å². The fraction of sp³-hybridized carbons (Fsp3) is 0.368. The molecule has 2 aromatic carbocycles. The van der Waals surface area contributed by atoms with Crippen molar-refractivity contribution in [2.75, 3.05) is 0 Å². The first-order chi connectivity index (χ1) is 9.83. The van der Waals surface area contributed by atoms with E-state index in [1.165, 1.54) is 35.1 Å². The number of hydrogen-bond donors (Lipinski definition) is 1. The fourth-order valence-electron chi connectivity index (χ4n) is 3.27. The molecule has 2 aromatic rings. The Kier molecular flexibility index (Phi) is 3.88. The van der Waals surface area contributed by atoms with Gasteiger partial charge in [0.15, 0.2) is 0 Å². The summed E-state index contributed by atoms with van der Waals surface area (Å²) < 4.78 is 0. The van der Waals surface area contributed by atoms with Gasteiger partial charge in [-0.2, -0.15) is 0 Å². The van der Waals surface area contributed by atoms with Gasteiger partial charge in [0.1, 0.15) is 0 Å². The van der Waals surface area contributed by atoms with Crippen LogP contribution in [0.2, 0.25) is 0 Å². The lowest BCUT2D eigenvalue weighted by Crippen LogP contribution is -2.35. The second kappa shape index (κ2) is 5.80. The highest BCUT2D eigenvalue weighted by Gasteiger charge is 2.25. The molecule has 1 nitrogen and oxygen atoms in total. The van der Waals surface area contributed by atoms with E-state index in [4.69, 9.17) is 0 Å². The van der Waals surface area contributed by atoms with Crippen LogP contribution < -0.4 is 5.32 Å². The minimum absolute atomic E-state index is 0.348. The maximum atomic E-state index is 3.87. The van der Waals surface area contributed by atoms with Crippen LogP contribution in [-0.4, -0.2) is 6.04 Å². The molecule has 0 amide bonds. The van der Waals surface area contributed by atoms with Crippen LogP contribution >= 0.6 is 0 Å². The summed E-state index contributed by atoms with van der Waals surface area (Å²) in [6.45, 7) is 4.53. The molecule has 0 unspecified atom stereocenters. The van der Waals surface area contributed by atoms with E-state index < -0.39 is 0 Å². The number of nitrogens with one attached hydrogen (secondary N) is 1. The van der Waals surface area contributed by atoms with E-state index in [1.54, 1.807) is 0 Å². The molecule has 1 heteroatoms. The van der Waals surface area contributed by atoms with Crippen molar-refractivity contribution in [3.8, 4) is 0 Å². The van der Waals surface area contributed by atoms with E-state index in [-0.39, 0.29) is 0 Å². The summed E-state index contributed by atoms with van der Waals surface area (Å²) >= 11 is 0. The van der Waals surface area contributed by atoms with Gasteiger partial charge in [0.25, 0.3) is 0 Å². The van der Waals surface area contributed by atoms with Crippen molar-refractivity contribution in [3.63, 3.8) is 0 Å². The van der Waals surface area contributed by atoms with Crippen molar-refractivity contribution in [2.45, 2.75) is 45.2 Å². The topological polar surface area (TPSA) is 12.0 Å². The van der Waals surface area contributed by atoms with Crippen molar-refractivity contribution < 1.29 is 0 Å². The number of rotatable bonds is 4. The maximum Gasteiger partial charge on any atom is 0.0584 e. The molecule has 20 heavy (non-hydrogen) atoms. The summed E-state index contributed by atoms with van der Waals surface area (Å²) in [5, 5.41) is 3.87. The van der Waals surface area contributed by atoms with Gasteiger partial charge in [-0.15, -0.1) is 0 Å². The zero-order valence-corrected chi connectivity index (χ0v) is 12.4. The van der Waals surface area contributed by atoms with Crippen LogP contribution in [0.1, 0.15) is 55.0 Å². The van der Waals surface area contributed by atoms with Crippen LogP contribution in [0.15, 0.2) is 48.5 Å². The summed E-state index contributed by atoms with van der Waals surface area (Å²) in [6.07, 6.45) is 3.42. The predicted molar refractivity (Wildman–Crippen MR) is 85.0 cm³/mol. The molecule has 1 N–H and O–H groups in total. The normalized spacial score (nSPS) is 14.2. The minimum Gasteiger partial charge on any atom is -0.303 e. The Hall–Kier alpha value is -1.60. The van der Waals surface area contributed by atoms with E-state index in [1.807, 2.05) is 0 Å². The summed E-state index contributed by atoms with van der Waals surface area (Å²) in [6, 6.07) is 18.7. The quantitative estimate of drug-likeness (QED) is 0.860. The molecular weight excluding hydrogens is 242 g/mol. The molecule has 0 fully saturated rings. The van der Waals surface area contributed by atoms with Crippen LogP contribution in [0.25, 0.3) is 0 Å². The molecule has 0 spiro atoms. The highest BCUT2D eigenvalue weighted by molar-refractivity contribution is 5.48. The van der Waals surface area contributed by atoms with E-state index in [0.717, 1.165) is 6.42 Å². The lowest BCUT2D eigenvalue weighted by molar-refractivity contribution is 0.442. The molecule has 0 aromatic heterocycles. The molecular formula is C19H23N. The van der Waals surface area contributed by atoms with Crippen LogP contribution in [-0.2, 0) is 6.42 Å². The summed E-state index contributed by atoms with van der Waals surface area (Å²) in [5.74, 6) is 0. The Balaban J connectivity index is 2.03. The molecule has 0 atom stereocenters. The molecule has 1 aliphatic carbocycles. The molecule has 0 aliphatic heterocycles. The Bertz CT molecular complexity index is 538. The molecule has 0 bridgehead atoms. The van der Waals surface area contributed by atoms with Gasteiger partial charge in [-0.3, -0.25) is 0 Å². The zero-order valence-electron chi connectivity index (χ0n) is 12.4. The smallest absolute Gasteiger partial charge is 0.0584 e. The van der Waals surface area contributed by atoms with E-state index in [2.05, 4.69) is 67.7 Å². The second-order valence-corrected chi connectivity index (χ2v) is 5.69. The second-order valence-electron chi connectivity index (χ2n) is 5.69. The lowest BCUT2D eigenvalue weighted by Gasteiger charge is -2.32. The Morgan fingerprint density at radius 2 is 1.40 bits per heavy atom. The van der Waals surface area contributed by atoms with Gasteiger partial charge in [0, 0.05) is 6.04 Å². The SMILES string of the molecule is CCC(CC)NC1c2ccccc2Cc2ccccc21. The third-order valence-electron chi connectivity index (χ3n) is 4.50. The molecule has 0 saturated carbocycles. The Labute approximate surface area is 122 Å². The summed E-state index contributed by atoms with van der Waals surface area (Å²) in [5.41, 5.74) is 5.85. The summed E-state index contributed by atoms with van der Waals surface area (Å²) in [4.78, 5) is 0. The molecule has 0 saturated heterocycles. The van der Waals surface area contributed by atoms with Crippen LogP contribution in [0.5, 0.6) is 0 Å². The molecule has 0 heterocycles. The Morgan fingerprint density at radius 1 is 0.900 bits per heavy atom. The summed E-state index contributed by atoms with van der Waals surface area (Å²) in [7, 11) is 0. The molecule has 0 radical (unpaired) electrons. The zero-order chi connectivity index (χ0) is 13.9. The first-order valence-electron chi connectivity index (χ1n) is 7.75. The van der Waals surface area contributed by atoms with E-state index in [0.29, 0.717) is 12.1 Å². The third-order valence-corrected chi connectivity index (χ3v) is 4.50.